The van der Waals surface area contributed by atoms with Crippen LogP contribution in [0.5, 0.6) is 0 Å². The van der Waals surface area contributed by atoms with Crippen LogP contribution in [0, 0.1) is 5.92 Å². The summed E-state index contributed by atoms with van der Waals surface area (Å²) in [7, 11) is 0. The number of aromatic nitrogens is 3. The summed E-state index contributed by atoms with van der Waals surface area (Å²) < 4.78 is 7.04. The summed E-state index contributed by atoms with van der Waals surface area (Å²) in [6, 6.07) is 7.10. The number of fused-ring (bicyclic) bond motifs is 1. The first-order chi connectivity index (χ1) is 14.9. The Balaban J connectivity index is 1.44. The molecule has 1 unspecified atom stereocenters. The zero-order valence-electron chi connectivity index (χ0n) is 17.3. The summed E-state index contributed by atoms with van der Waals surface area (Å²) in [6.45, 7) is 4.13. The molecule has 162 valence electrons. The van der Waals surface area contributed by atoms with E-state index in [0.29, 0.717) is 23.7 Å². The van der Waals surface area contributed by atoms with Gasteiger partial charge >= 0.3 is 6.03 Å². The molecule has 1 aliphatic rings. The molecule has 1 aliphatic heterocycles. The lowest BCUT2D eigenvalue weighted by Gasteiger charge is -2.20. The second-order valence-corrected chi connectivity index (χ2v) is 7.95. The Labute approximate surface area is 178 Å². The molecule has 2 atom stereocenters. The van der Waals surface area contributed by atoms with Crippen LogP contribution in [0.1, 0.15) is 44.3 Å². The first-order valence-electron chi connectivity index (χ1n) is 10.2. The average Bonchev–Trinajstić information content (AvgIpc) is 3.44. The van der Waals surface area contributed by atoms with E-state index in [9.17, 15) is 14.4 Å². The lowest BCUT2D eigenvalue weighted by atomic mass is 10.0. The summed E-state index contributed by atoms with van der Waals surface area (Å²) in [5.74, 6) is 0.600. The Hall–Kier alpha value is -3.69. The lowest BCUT2D eigenvalue weighted by Crippen LogP contribution is -2.38. The highest BCUT2D eigenvalue weighted by molar-refractivity contribution is 6.05. The first-order valence-corrected chi connectivity index (χ1v) is 10.2. The number of carbonyl (C=O) groups excluding carboxylic acids is 3. The van der Waals surface area contributed by atoms with Crippen LogP contribution >= 0.6 is 0 Å². The van der Waals surface area contributed by atoms with Crippen molar-refractivity contribution >= 4 is 23.5 Å². The van der Waals surface area contributed by atoms with Gasteiger partial charge < -0.3 is 15.1 Å². The number of rotatable bonds is 8. The molecule has 0 aromatic carbocycles. The topological polar surface area (TPSA) is 122 Å². The van der Waals surface area contributed by atoms with E-state index in [-0.39, 0.29) is 30.8 Å². The molecule has 3 aromatic rings. The van der Waals surface area contributed by atoms with E-state index in [4.69, 9.17) is 4.42 Å². The minimum atomic E-state index is -0.919. The van der Waals surface area contributed by atoms with Gasteiger partial charge in [0.1, 0.15) is 11.8 Å². The monoisotopic (exact) mass is 424 g/mol. The van der Waals surface area contributed by atoms with E-state index < -0.39 is 18.0 Å². The zero-order valence-corrected chi connectivity index (χ0v) is 17.3. The van der Waals surface area contributed by atoms with Crippen LogP contribution in [0.2, 0.25) is 0 Å². The highest BCUT2D eigenvalue weighted by Crippen LogP contribution is 2.21. The molecule has 4 heterocycles. The molecule has 0 aliphatic carbocycles. The molecule has 2 N–H and O–H groups in total. The number of urea groups is 1. The quantitative estimate of drug-likeness (QED) is 0.534. The third-order valence-corrected chi connectivity index (χ3v) is 5.08. The molecule has 0 radical (unpaired) electrons. The normalized spacial score (nSPS) is 17.4. The number of hydrogen-bond acceptors (Lipinski definition) is 6. The standard InChI is InChI=1S/C21H24N6O4/c1-13(2)10-15(19-25-24-17-7-3-4-8-26(17)19)22-18(28)11-16-20(29)27(21(30)23-16)12-14-6-5-9-31-14/h3-9,13,15-16H,10-12H2,1-2H3,(H,22,28)(H,23,30)/t15-,16?/m0/s1. The molecule has 1 saturated heterocycles. The van der Waals surface area contributed by atoms with Crippen molar-refractivity contribution in [3.05, 3.63) is 54.4 Å². The van der Waals surface area contributed by atoms with E-state index in [0.717, 1.165) is 4.90 Å². The summed E-state index contributed by atoms with van der Waals surface area (Å²) in [6.07, 6.45) is 3.81. The van der Waals surface area contributed by atoms with Gasteiger partial charge in [0.05, 0.1) is 25.3 Å². The Bertz CT molecular complexity index is 1090. The van der Waals surface area contributed by atoms with Crippen molar-refractivity contribution < 1.29 is 18.8 Å². The third kappa shape index (κ3) is 4.42. The van der Waals surface area contributed by atoms with Crippen molar-refractivity contribution in [1.82, 2.24) is 30.1 Å². The predicted molar refractivity (Wildman–Crippen MR) is 110 cm³/mol. The second-order valence-electron chi connectivity index (χ2n) is 7.95. The van der Waals surface area contributed by atoms with Gasteiger partial charge in [-0.3, -0.25) is 18.9 Å². The van der Waals surface area contributed by atoms with Gasteiger partial charge in [-0.05, 0) is 36.6 Å². The fourth-order valence-electron chi connectivity index (χ4n) is 3.66. The van der Waals surface area contributed by atoms with Gasteiger partial charge in [-0.2, -0.15) is 0 Å². The Morgan fingerprint density at radius 1 is 1.23 bits per heavy atom. The van der Waals surface area contributed by atoms with Gasteiger partial charge in [-0.1, -0.05) is 19.9 Å². The summed E-state index contributed by atoms with van der Waals surface area (Å²) >= 11 is 0. The first kappa shape index (κ1) is 20.6. The fraction of sp³-hybridized carbons (Fsp3) is 0.381. The van der Waals surface area contributed by atoms with E-state index in [1.807, 2.05) is 28.8 Å². The van der Waals surface area contributed by atoms with Gasteiger partial charge in [0, 0.05) is 6.20 Å². The molecule has 10 heteroatoms. The maximum absolute atomic E-state index is 12.8. The molecule has 0 bridgehead atoms. The van der Waals surface area contributed by atoms with Crippen LogP contribution in [0.4, 0.5) is 4.79 Å². The SMILES string of the molecule is CC(C)C[C@H](NC(=O)CC1NC(=O)N(Cc2ccco2)C1=O)c1nnc2ccccn12. The minimum absolute atomic E-state index is 0.0253. The molecule has 4 rings (SSSR count). The number of pyridine rings is 1. The Morgan fingerprint density at radius 2 is 2.06 bits per heavy atom. The van der Waals surface area contributed by atoms with E-state index in [2.05, 4.69) is 34.7 Å². The molecule has 31 heavy (non-hydrogen) atoms. The van der Waals surface area contributed by atoms with E-state index >= 15 is 0 Å². The number of nitrogens with one attached hydrogen (secondary N) is 2. The van der Waals surface area contributed by atoms with Gasteiger partial charge in [0.2, 0.25) is 5.91 Å². The highest BCUT2D eigenvalue weighted by Gasteiger charge is 2.39. The Morgan fingerprint density at radius 3 is 2.81 bits per heavy atom. The third-order valence-electron chi connectivity index (χ3n) is 5.08. The van der Waals surface area contributed by atoms with Gasteiger partial charge in [-0.25, -0.2) is 4.79 Å². The molecule has 10 nitrogen and oxygen atoms in total. The summed E-state index contributed by atoms with van der Waals surface area (Å²) in [4.78, 5) is 38.7. The van der Waals surface area contributed by atoms with Crippen molar-refractivity contribution in [1.29, 1.82) is 0 Å². The number of hydrogen-bond donors (Lipinski definition) is 2. The van der Waals surface area contributed by atoms with Crippen molar-refractivity contribution in [3.8, 4) is 0 Å². The van der Waals surface area contributed by atoms with E-state index in [1.165, 1.54) is 6.26 Å². The van der Waals surface area contributed by atoms with Crippen molar-refractivity contribution in [2.45, 2.75) is 45.3 Å². The summed E-state index contributed by atoms with van der Waals surface area (Å²) in [5, 5.41) is 14.0. The number of imide groups is 1. The smallest absolute Gasteiger partial charge is 0.325 e. The summed E-state index contributed by atoms with van der Waals surface area (Å²) in [5.41, 5.74) is 0.687. The van der Waals surface area contributed by atoms with Gasteiger partial charge in [0.15, 0.2) is 11.5 Å². The molecule has 3 aromatic heterocycles. The number of nitrogens with zero attached hydrogens (tertiary/aromatic N) is 4. The number of carbonyl (C=O) groups is 3. The van der Waals surface area contributed by atoms with Crippen LogP contribution in [0.3, 0.4) is 0 Å². The van der Waals surface area contributed by atoms with Gasteiger partial charge in [0.25, 0.3) is 5.91 Å². The predicted octanol–water partition coefficient (Wildman–Crippen LogP) is 2.04. The van der Waals surface area contributed by atoms with Crippen LogP contribution in [-0.2, 0) is 16.1 Å². The molecule has 4 amide bonds. The van der Waals surface area contributed by atoms with E-state index in [1.54, 1.807) is 12.1 Å². The van der Waals surface area contributed by atoms with Crippen molar-refractivity contribution in [2.24, 2.45) is 5.92 Å². The number of amides is 4. The van der Waals surface area contributed by atoms with Crippen molar-refractivity contribution in [3.63, 3.8) is 0 Å². The number of furan rings is 1. The molecule has 0 spiro atoms. The maximum Gasteiger partial charge on any atom is 0.325 e. The molecule has 1 fully saturated rings. The highest BCUT2D eigenvalue weighted by atomic mass is 16.3. The van der Waals surface area contributed by atoms with Crippen LogP contribution in [0.15, 0.2) is 47.2 Å². The Kier molecular flexibility index (Phi) is 5.70. The second kappa shape index (κ2) is 8.58. The maximum atomic E-state index is 12.8. The van der Waals surface area contributed by atoms with Crippen LogP contribution in [0.25, 0.3) is 5.65 Å². The van der Waals surface area contributed by atoms with Gasteiger partial charge in [-0.15, -0.1) is 10.2 Å². The van der Waals surface area contributed by atoms with Crippen LogP contribution < -0.4 is 10.6 Å². The molecular formula is C21H24N6O4. The van der Waals surface area contributed by atoms with Crippen molar-refractivity contribution in [2.75, 3.05) is 0 Å². The molecular weight excluding hydrogens is 400 g/mol. The van der Waals surface area contributed by atoms with Crippen LogP contribution in [-0.4, -0.2) is 43.4 Å². The minimum Gasteiger partial charge on any atom is -0.467 e. The lowest BCUT2D eigenvalue weighted by molar-refractivity contribution is -0.131. The molecule has 0 saturated carbocycles. The average molecular weight is 424 g/mol. The largest absolute Gasteiger partial charge is 0.467 e. The fourth-order valence-corrected chi connectivity index (χ4v) is 3.66. The zero-order chi connectivity index (χ0) is 22.0.